The largest absolute Gasteiger partial charge is 0.480 e. The molecule has 1 heterocycles. The molecule has 0 saturated carbocycles. The first-order chi connectivity index (χ1) is 10.0. The fourth-order valence-electron chi connectivity index (χ4n) is 2.07. The number of hydrogen-bond acceptors (Lipinski definition) is 5. The molecule has 6 nitrogen and oxygen atoms in total. The molecule has 21 heavy (non-hydrogen) atoms. The summed E-state index contributed by atoms with van der Waals surface area (Å²) in [5.41, 5.74) is 6.53. The number of rotatable bonds is 6. The van der Waals surface area contributed by atoms with E-state index >= 15 is 0 Å². The molecular formula is C15H22N2O4. The Morgan fingerprint density at radius 2 is 2.00 bits per heavy atom. The van der Waals surface area contributed by atoms with Gasteiger partial charge in [-0.15, -0.1) is 0 Å². The molecule has 3 N–H and O–H groups in total. The summed E-state index contributed by atoms with van der Waals surface area (Å²) in [6.45, 7) is 6.22. The first-order valence-electron chi connectivity index (χ1n) is 7.11. The Morgan fingerprint density at radius 3 is 2.62 bits per heavy atom. The van der Waals surface area contributed by atoms with E-state index in [2.05, 4.69) is 5.32 Å². The number of nitrogens with two attached hydrogens (primary N) is 1. The zero-order valence-electron chi connectivity index (χ0n) is 12.6. The van der Waals surface area contributed by atoms with Crippen LogP contribution in [-0.2, 0) is 11.2 Å². The van der Waals surface area contributed by atoms with Gasteiger partial charge in [0.05, 0.1) is 0 Å². The van der Waals surface area contributed by atoms with Crippen LogP contribution in [0.4, 0.5) is 0 Å². The average Bonchev–Trinajstić information content (AvgIpc) is 2.85. The van der Waals surface area contributed by atoms with Gasteiger partial charge in [0.15, 0.2) is 17.6 Å². The molecule has 0 aromatic heterocycles. The number of hydrogen-bond donors (Lipinski definition) is 2. The lowest BCUT2D eigenvalue weighted by Gasteiger charge is -2.19. The summed E-state index contributed by atoms with van der Waals surface area (Å²) in [5, 5.41) is 2.82. The molecule has 0 bridgehead atoms. The van der Waals surface area contributed by atoms with Crippen LogP contribution < -0.4 is 25.3 Å². The quantitative estimate of drug-likeness (QED) is 0.824. The Balaban J connectivity index is 2.16. The smallest absolute Gasteiger partial charge is 0.260 e. The van der Waals surface area contributed by atoms with Crippen molar-refractivity contribution < 1.29 is 19.0 Å². The van der Waals surface area contributed by atoms with Gasteiger partial charge in [-0.25, -0.2) is 0 Å². The van der Waals surface area contributed by atoms with Gasteiger partial charge >= 0.3 is 0 Å². The summed E-state index contributed by atoms with van der Waals surface area (Å²) in [7, 11) is 0. The summed E-state index contributed by atoms with van der Waals surface area (Å²) < 4.78 is 16.5. The van der Waals surface area contributed by atoms with Gasteiger partial charge in [0.2, 0.25) is 6.79 Å². The lowest BCUT2D eigenvalue weighted by molar-refractivity contribution is -0.127. The number of amides is 1. The summed E-state index contributed by atoms with van der Waals surface area (Å²) in [6, 6.07) is 3.69. The second-order valence-electron chi connectivity index (χ2n) is 5.28. The highest BCUT2D eigenvalue weighted by Crippen LogP contribution is 2.38. The highest BCUT2D eigenvalue weighted by molar-refractivity contribution is 5.81. The zero-order valence-corrected chi connectivity index (χ0v) is 12.6. The van der Waals surface area contributed by atoms with Crippen molar-refractivity contribution in [1.29, 1.82) is 0 Å². The maximum atomic E-state index is 11.9. The van der Waals surface area contributed by atoms with Crippen LogP contribution in [0.5, 0.6) is 17.2 Å². The van der Waals surface area contributed by atoms with Gasteiger partial charge in [0.25, 0.3) is 5.91 Å². The fraction of sp³-hybridized carbons (Fsp3) is 0.533. The van der Waals surface area contributed by atoms with Crippen LogP contribution in [0.15, 0.2) is 12.1 Å². The third-order valence-electron chi connectivity index (χ3n) is 3.07. The highest BCUT2D eigenvalue weighted by Gasteiger charge is 2.21. The van der Waals surface area contributed by atoms with Crippen LogP contribution in [0.25, 0.3) is 0 Å². The molecule has 0 fully saturated rings. The van der Waals surface area contributed by atoms with Crippen LogP contribution in [-0.4, -0.2) is 31.4 Å². The molecule has 6 heteroatoms. The number of benzene rings is 1. The van der Waals surface area contributed by atoms with Crippen molar-refractivity contribution in [2.75, 3.05) is 13.3 Å². The van der Waals surface area contributed by atoms with Crippen LogP contribution in [0, 0.1) is 0 Å². The average molecular weight is 294 g/mol. The van der Waals surface area contributed by atoms with Gasteiger partial charge in [-0.3, -0.25) is 4.79 Å². The predicted molar refractivity (Wildman–Crippen MR) is 78.7 cm³/mol. The minimum Gasteiger partial charge on any atom is -0.480 e. The van der Waals surface area contributed by atoms with Gasteiger partial charge < -0.3 is 25.3 Å². The normalized spacial score (nSPS) is 14.1. The van der Waals surface area contributed by atoms with Crippen LogP contribution >= 0.6 is 0 Å². The topological polar surface area (TPSA) is 82.8 Å². The van der Waals surface area contributed by atoms with Crippen molar-refractivity contribution >= 4 is 5.91 Å². The van der Waals surface area contributed by atoms with Gasteiger partial charge in [-0.1, -0.05) is 0 Å². The fourth-order valence-corrected chi connectivity index (χ4v) is 2.07. The summed E-state index contributed by atoms with van der Waals surface area (Å²) in [5.74, 6) is 1.77. The van der Waals surface area contributed by atoms with E-state index in [0.29, 0.717) is 30.2 Å². The lowest BCUT2D eigenvalue weighted by Crippen LogP contribution is -2.40. The molecule has 0 spiro atoms. The summed E-state index contributed by atoms with van der Waals surface area (Å²) in [4.78, 5) is 11.9. The van der Waals surface area contributed by atoms with Crippen molar-refractivity contribution in [2.45, 2.75) is 39.3 Å². The molecular weight excluding hydrogens is 272 g/mol. The first-order valence-corrected chi connectivity index (χ1v) is 7.11. The zero-order chi connectivity index (χ0) is 15.4. The van der Waals surface area contributed by atoms with Gasteiger partial charge in [0, 0.05) is 12.1 Å². The third-order valence-corrected chi connectivity index (χ3v) is 3.07. The van der Waals surface area contributed by atoms with Crippen molar-refractivity contribution in [3.8, 4) is 17.2 Å². The number of carbonyl (C=O) groups excluding carboxylic acids is 1. The Morgan fingerprint density at radius 1 is 1.33 bits per heavy atom. The van der Waals surface area contributed by atoms with Gasteiger partial charge in [0.1, 0.15) is 5.75 Å². The predicted octanol–water partition coefficient (Wildman–Crippen LogP) is 1.21. The third kappa shape index (κ3) is 3.78. The molecule has 1 amide bonds. The Kier molecular flexibility index (Phi) is 4.90. The van der Waals surface area contributed by atoms with Crippen molar-refractivity contribution in [3.05, 3.63) is 17.7 Å². The second-order valence-corrected chi connectivity index (χ2v) is 5.28. The molecule has 1 aliphatic heterocycles. The minimum atomic E-state index is -0.593. The number of carbonyl (C=O) groups is 1. The van der Waals surface area contributed by atoms with Crippen LogP contribution in [0.1, 0.15) is 26.3 Å². The van der Waals surface area contributed by atoms with E-state index in [4.69, 9.17) is 19.9 Å². The van der Waals surface area contributed by atoms with Crippen molar-refractivity contribution in [1.82, 2.24) is 5.32 Å². The number of nitrogens with one attached hydrogen (secondary N) is 1. The van der Waals surface area contributed by atoms with Crippen LogP contribution in [0.2, 0.25) is 0 Å². The molecule has 1 atom stereocenters. The molecule has 0 aliphatic carbocycles. The minimum absolute atomic E-state index is 0.0730. The molecule has 1 aromatic rings. The lowest BCUT2D eigenvalue weighted by atomic mass is 10.1. The Bertz CT molecular complexity index is 517. The van der Waals surface area contributed by atoms with E-state index in [0.717, 1.165) is 5.56 Å². The number of fused-ring (bicyclic) bond motifs is 1. The van der Waals surface area contributed by atoms with E-state index in [1.165, 1.54) is 0 Å². The van der Waals surface area contributed by atoms with Crippen LogP contribution in [0.3, 0.4) is 0 Å². The van der Waals surface area contributed by atoms with E-state index < -0.39 is 6.10 Å². The summed E-state index contributed by atoms with van der Waals surface area (Å²) in [6.07, 6.45) is 0.0501. The molecule has 2 rings (SSSR count). The van der Waals surface area contributed by atoms with E-state index in [1.54, 1.807) is 13.0 Å². The Labute approximate surface area is 124 Å². The second kappa shape index (κ2) is 6.67. The van der Waals surface area contributed by atoms with E-state index in [1.807, 2.05) is 19.9 Å². The molecule has 1 aromatic carbocycles. The van der Waals surface area contributed by atoms with Crippen molar-refractivity contribution in [2.24, 2.45) is 5.73 Å². The van der Waals surface area contributed by atoms with E-state index in [9.17, 15) is 4.79 Å². The standard InChI is InChI=1S/C15H22N2O4/c1-9(2)17-15(18)10(3)21-12-7-14-13(19-8-20-14)6-11(12)4-5-16/h6-7,9-10H,4-5,8,16H2,1-3H3,(H,17,18). The SMILES string of the molecule is CC(C)NC(=O)C(C)Oc1cc2c(cc1CCN)OCO2. The molecule has 1 unspecified atom stereocenters. The molecule has 0 saturated heterocycles. The highest BCUT2D eigenvalue weighted by atomic mass is 16.7. The molecule has 0 radical (unpaired) electrons. The van der Waals surface area contributed by atoms with E-state index in [-0.39, 0.29) is 18.7 Å². The molecule has 116 valence electrons. The maximum absolute atomic E-state index is 11.9. The Hall–Kier alpha value is -1.95. The molecule has 1 aliphatic rings. The first kappa shape index (κ1) is 15.4. The monoisotopic (exact) mass is 294 g/mol. The van der Waals surface area contributed by atoms with Crippen molar-refractivity contribution in [3.63, 3.8) is 0 Å². The van der Waals surface area contributed by atoms with Gasteiger partial charge in [-0.2, -0.15) is 0 Å². The van der Waals surface area contributed by atoms with Gasteiger partial charge in [-0.05, 0) is 45.4 Å². The maximum Gasteiger partial charge on any atom is 0.260 e. The number of ether oxygens (including phenoxy) is 3. The summed E-state index contributed by atoms with van der Waals surface area (Å²) >= 11 is 0.